The molecule has 30 heavy (non-hydrogen) atoms. The third-order valence-corrected chi connectivity index (χ3v) is 5.68. The number of nitrogens with one attached hydrogen (secondary N) is 1. The molecule has 0 aromatic heterocycles. The van der Waals surface area contributed by atoms with Crippen LogP contribution in [0.1, 0.15) is 109 Å². The van der Waals surface area contributed by atoms with Crippen molar-refractivity contribution in [2.24, 2.45) is 0 Å². The number of rotatable bonds is 22. The summed E-state index contributed by atoms with van der Waals surface area (Å²) >= 11 is 0. The Bertz CT molecular complexity index is 478. The maximum absolute atomic E-state index is 5.85. The van der Waals surface area contributed by atoms with Crippen molar-refractivity contribution in [3.63, 3.8) is 0 Å². The minimum absolute atomic E-state index is 0.615. The molecule has 174 valence electrons. The molecule has 0 radical (unpaired) electrons. The van der Waals surface area contributed by atoms with E-state index in [9.17, 15) is 0 Å². The van der Waals surface area contributed by atoms with Gasteiger partial charge in [-0.25, -0.2) is 0 Å². The first kappa shape index (κ1) is 27.0. The lowest BCUT2D eigenvalue weighted by atomic mass is 10.0. The second-order valence-corrected chi connectivity index (χ2v) is 8.43. The van der Waals surface area contributed by atoms with Gasteiger partial charge in [0.15, 0.2) is 0 Å². The lowest BCUT2D eigenvalue weighted by Crippen LogP contribution is -2.16. The fraction of sp³-hybridized carbons (Fsp3) is 0.778. The molecule has 0 spiro atoms. The van der Waals surface area contributed by atoms with Gasteiger partial charge in [0.2, 0.25) is 0 Å². The van der Waals surface area contributed by atoms with Crippen LogP contribution in [0.15, 0.2) is 24.3 Å². The van der Waals surface area contributed by atoms with Crippen molar-refractivity contribution in [2.75, 3.05) is 26.4 Å². The van der Waals surface area contributed by atoms with Gasteiger partial charge in [-0.2, -0.15) is 0 Å². The highest BCUT2D eigenvalue weighted by molar-refractivity contribution is 5.33. The van der Waals surface area contributed by atoms with Crippen molar-refractivity contribution in [3.8, 4) is 5.75 Å². The van der Waals surface area contributed by atoms with Gasteiger partial charge >= 0.3 is 0 Å². The van der Waals surface area contributed by atoms with Crippen molar-refractivity contribution in [2.45, 2.75) is 110 Å². The van der Waals surface area contributed by atoms with Crippen LogP contribution in [0.5, 0.6) is 5.75 Å². The molecule has 1 aromatic rings. The first-order valence-corrected chi connectivity index (χ1v) is 12.9. The van der Waals surface area contributed by atoms with Crippen LogP contribution < -0.4 is 10.1 Å². The Morgan fingerprint density at radius 2 is 1.23 bits per heavy atom. The SMILES string of the molecule is CCCCCCCCCCCCCCCCNCc1ccccc1OCCOCC. The molecule has 0 bridgehead atoms. The molecule has 1 aromatic carbocycles. The summed E-state index contributed by atoms with van der Waals surface area (Å²) in [5, 5.41) is 3.58. The fourth-order valence-corrected chi connectivity index (χ4v) is 3.81. The van der Waals surface area contributed by atoms with Crippen molar-refractivity contribution < 1.29 is 9.47 Å². The van der Waals surface area contributed by atoms with Crippen LogP contribution in [-0.4, -0.2) is 26.4 Å². The molecule has 1 N–H and O–H groups in total. The Hall–Kier alpha value is -1.06. The van der Waals surface area contributed by atoms with Gasteiger partial charge in [-0.15, -0.1) is 0 Å². The number of hydrogen-bond acceptors (Lipinski definition) is 3. The molecule has 0 unspecified atom stereocenters. The quantitative estimate of drug-likeness (QED) is 0.196. The normalized spacial score (nSPS) is 11.1. The number of hydrogen-bond donors (Lipinski definition) is 1. The molecule has 1 rings (SSSR count). The van der Waals surface area contributed by atoms with Crippen LogP contribution in [0.25, 0.3) is 0 Å². The molecule has 0 aliphatic carbocycles. The van der Waals surface area contributed by atoms with Gasteiger partial charge in [0, 0.05) is 18.7 Å². The van der Waals surface area contributed by atoms with Crippen molar-refractivity contribution in [1.82, 2.24) is 5.32 Å². The van der Waals surface area contributed by atoms with E-state index in [0.29, 0.717) is 13.2 Å². The number of para-hydroxylation sites is 1. The minimum Gasteiger partial charge on any atom is -0.491 e. The Labute approximate surface area is 187 Å². The van der Waals surface area contributed by atoms with Crippen LogP contribution >= 0.6 is 0 Å². The van der Waals surface area contributed by atoms with Crippen LogP contribution in [0.4, 0.5) is 0 Å². The number of benzene rings is 1. The van der Waals surface area contributed by atoms with E-state index in [1.807, 2.05) is 13.0 Å². The molecule has 0 saturated heterocycles. The summed E-state index contributed by atoms with van der Waals surface area (Å²) in [6.07, 6.45) is 19.8. The lowest BCUT2D eigenvalue weighted by molar-refractivity contribution is 0.110. The van der Waals surface area contributed by atoms with Crippen molar-refractivity contribution in [3.05, 3.63) is 29.8 Å². The standard InChI is InChI=1S/C27H49NO2/c1-3-5-6-7-8-9-10-11-12-13-14-15-16-19-22-28-25-26-20-17-18-21-27(26)30-24-23-29-4-2/h17-18,20-21,28H,3-16,19,22-25H2,1-2H3. The molecule has 0 aliphatic heterocycles. The van der Waals surface area contributed by atoms with Gasteiger partial charge in [0.05, 0.1) is 6.61 Å². The summed E-state index contributed by atoms with van der Waals surface area (Å²) < 4.78 is 11.2. The van der Waals surface area contributed by atoms with E-state index in [1.54, 1.807) is 0 Å². The number of unbranched alkanes of at least 4 members (excludes halogenated alkanes) is 13. The predicted octanol–water partition coefficient (Wildman–Crippen LogP) is 7.67. The molecule has 0 atom stereocenters. The second-order valence-electron chi connectivity index (χ2n) is 8.43. The minimum atomic E-state index is 0.615. The van der Waals surface area contributed by atoms with E-state index in [0.717, 1.165) is 25.4 Å². The largest absolute Gasteiger partial charge is 0.491 e. The van der Waals surface area contributed by atoms with E-state index >= 15 is 0 Å². The van der Waals surface area contributed by atoms with Gasteiger partial charge in [-0.05, 0) is 26.0 Å². The smallest absolute Gasteiger partial charge is 0.123 e. The van der Waals surface area contributed by atoms with Gasteiger partial charge in [-0.3, -0.25) is 0 Å². The lowest BCUT2D eigenvalue weighted by Gasteiger charge is -2.12. The first-order chi connectivity index (χ1) is 14.9. The average Bonchev–Trinajstić information content (AvgIpc) is 2.77. The van der Waals surface area contributed by atoms with Crippen LogP contribution in [-0.2, 0) is 11.3 Å². The maximum Gasteiger partial charge on any atom is 0.123 e. The van der Waals surface area contributed by atoms with E-state index in [1.165, 1.54) is 95.5 Å². The Kier molecular flexibility index (Phi) is 19.0. The topological polar surface area (TPSA) is 30.5 Å². The van der Waals surface area contributed by atoms with Gasteiger partial charge in [0.25, 0.3) is 0 Å². The third-order valence-electron chi connectivity index (χ3n) is 5.68. The number of ether oxygens (including phenoxy) is 2. The van der Waals surface area contributed by atoms with Crippen LogP contribution in [0, 0.1) is 0 Å². The highest BCUT2D eigenvalue weighted by Crippen LogP contribution is 2.18. The molecule has 0 heterocycles. The Balaban J connectivity index is 1.90. The van der Waals surface area contributed by atoms with Gasteiger partial charge in [0.1, 0.15) is 12.4 Å². The molecule has 3 heteroatoms. The van der Waals surface area contributed by atoms with E-state index in [-0.39, 0.29) is 0 Å². The molecular formula is C27H49NO2. The highest BCUT2D eigenvalue weighted by Gasteiger charge is 2.02. The zero-order valence-corrected chi connectivity index (χ0v) is 20.1. The molecule has 3 nitrogen and oxygen atoms in total. The van der Waals surface area contributed by atoms with E-state index in [2.05, 4.69) is 30.4 Å². The molecular weight excluding hydrogens is 370 g/mol. The van der Waals surface area contributed by atoms with Crippen LogP contribution in [0.2, 0.25) is 0 Å². The van der Waals surface area contributed by atoms with E-state index < -0.39 is 0 Å². The third kappa shape index (κ3) is 15.7. The first-order valence-electron chi connectivity index (χ1n) is 12.9. The zero-order valence-electron chi connectivity index (χ0n) is 20.1. The summed E-state index contributed by atoms with van der Waals surface area (Å²) in [5.74, 6) is 0.977. The predicted molar refractivity (Wildman–Crippen MR) is 130 cm³/mol. The summed E-state index contributed by atoms with van der Waals surface area (Å²) in [6.45, 7) is 8.27. The zero-order chi connectivity index (χ0) is 21.5. The van der Waals surface area contributed by atoms with Crippen molar-refractivity contribution in [1.29, 1.82) is 0 Å². The highest BCUT2D eigenvalue weighted by atomic mass is 16.5. The van der Waals surface area contributed by atoms with Gasteiger partial charge < -0.3 is 14.8 Å². The Morgan fingerprint density at radius 1 is 0.667 bits per heavy atom. The molecule has 0 fully saturated rings. The summed E-state index contributed by atoms with van der Waals surface area (Å²) in [6, 6.07) is 8.32. The summed E-state index contributed by atoms with van der Waals surface area (Å²) in [5.41, 5.74) is 1.24. The van der Waals surface area contributed by atoms with Crippen molar-refractivity contribution >= 4 is 0 Å². The average molecular weight is 420 g/mol. The molecule has 0 aliphatic rings. The maximum atomic E-state index is 5.85. The monoisotopic (exact) mass is 419 g/mol. The van der Waals surface area contributed by atoms with Crippen LogP contribution in [0.3, 0.4) is 0 Å². The second kappa shape index (κ2) is 21.2. The summed E-state index contributed by atoms with van der Waals surface area (Å²) in [4.78, 5) is 0. The van der Waals surface area contributed by atoms with E-state index in [4.69, 9.17) is 9.47 Å². The molecule has 0 saturated carbocycles. The molecule has 0 amide bonds. The Morgan fingerprint density at radius 3 is 1.83 bits per heavy atom. The summed E-state index contributed by atoms with van der Waals surface area (Å²) in [7, 11) is 0. The fourth-order valence-electron chi connectivity index (χ4n) is 3.81. The van der Waals surface area contributed by atoms with Gasteiger partial charge in [-0.1, -0.05) is 109 Å².